The van der Waals surface area contributed by atoms with Gasteiger partial charge >= 0.3 is 0 Å². The molecule has 0 bridgehead atoms. The lowest BCUT2D eigenvalue weighted by Gasteiger charge is -2.09. The number of hydrogen-bond acceptors (Lipinski definition) is 4. The number of halogens is 1. The zero-order valence-corrected chi connectivity index (χ0v) is 9.96. The Morgan fingerprint density at radius 3 is 2.88 bits per heavy atom. The third-order valence-electron chi connectivity index (χ3n) is 1.96. The molecule has 4 nitrogen and oxygen atoms in total. The molecule has 0 fully saturated rings. The van der Waals surface area contributed by atoms with E-state index in [-0.39, 0.29) is 6.61 Å². The van der Waals surface area contributed by atoms with Gasteiger partial charge in [0.05, 0.1) is 32.0 Å². The van der Waals surface area contributed by atoms with Gasteiger partial charge in [0.25, 0.3) is 0 Å². The highest BCUT2D eigenvalue weighted by atomic mass is 35.5. The number of ether oxygens (including phenoxy) is 2. The van der Waals surface area contributed by atoms with Gasteiger partial charge in [0, 0.05) is 18.3 Å². The van der Waals surface area contributed by atoms with Gasteiger partial charge in [-0.1, -0.05) is 11.6 Å². The molecule has 0 aliphatic rings. The van der Waals surface area contributed by atoms with Crippen LogP contribution in [0, 0.1) is 0 Å². The van der Waals surface area contributed by atoms with Crippen LogP contribution in [0.3, 0.4) is 0 Å². The Kier molecular flexibility index (Phi) is 6.00. The predicted octanol–water partition coefficient (Wildman–Crippen LogP) is 1.77. The predicted molar refractivity (Wildman–Crippen MR) is 64.4 cm³/mol. The van der Waals surface area contributed by atoms with E-state index >= 15 is 0 Å². The van der Waals surface area contributed by atoms with E-state index in [1.807, 2.05) is 12.1 Å². The minimum atomic E-state index is 0.0504. The molecule has 0 saturated carbocycles. The number of hydrogen-bond donors (Lipinski definition) is 2. The van der Waals surface area contributed by atoms with E-state index in [1.165, 1.54) is 0 Å². The number of rotatable bonds is 7. The van der Waals surface area contributed by atoms with Crippen LogP contribution in [0.5, 0.6) is 5.75 Å². The molecular formula is C11H16ClNO3. The smallest absolute Gasteiger partial charge is 0.139 e. The lowest BCUT2D eigenvalue weighted by molar-refractivity contribution is 0.0992. The first kappa shape index (κ1) is 13.1. The molecule has 90 valence electrons. The molecule has 0 amide bonds. The fraction of sp³-hybridized carbons (Fsp3) is 0.455. The zero-order chi connectivity index (χ0) is 11.8. The van der Waals surface area contributed by atoms with Gasteiger partial charge in [-0.2, -0.15) is 0 Å². The average Bonchev–Trinajstić information content (AvgIpc) is 2.31. The summed E-state index contributed by atoms with van der Waals surface area (Å²) in [7, 11) is 1.58. The number of methoxy groups -OCH3 is 1. The highest BCUT2D eigenvalue weighted by molar-refractivity contribution is 6.32. The first-order valence-electron chi connectivity index (χ1n) is 5.04. The van der Waals surface area contributed by atoms with E-state index in [9.17, 15) is 0 Å². The molecule has 0 saturated heterocycles. The maximum atomic E-state index is 8.50. The SMILES string of the molecule is COc1cc(NCCOCCO)ccc1Cl. The highest BCUT2D eigenvalue weighted by Gasteiger charge is 2.01. The van der Waals surface area contributed by atoms with Crippen LogP contribution >= 0.6 is 11.6 Å². The van der Waals surface area contributed by atoms with Crippen LogP contribution in [0.25, 0.3) is 0 Å². The molecule has 0 aromatic heterocycles. The van der Waals surface area contributed by atoms with Gasteiger partial charge in [0.2, 0.25) is 0 Å². The van der Waals surface area contributed by atoms with Crippen LogP contribution in [0.15, 0.2) is 18.2 Å². The Labute approximate surface area is 100 Å². The second-order valence-electron chi connectivity index (χ2n) is 3.11. The number of benzene rings is 1. The topological polar surface area (TPSA) is 50.7 Å². The summed E-state index contributed by atoms with van der Waals surface area (Å²) in [5.41, 5.74) is 0.925. The lowest BCUT2D eigenvalue weighted by Crippen LogP contribution is -2.11. The Balaban J connectivity index is 2.36. The highest BCUT2D eigenvalue weighted by Crippen LogP contribution is 2.27. The van der Waals surface area contributed by atoms with E-state index in [2.05, 4.69) is 5.32 Å². The van der Waals surface area contributed by atoms with E-state index < -0.39 is 0 Å². The first-order valence-corrected chi connectivity index (χ1v) is 5.41. The molecule has 5 heteroatoms. The molecule has 0 aliphatic carbocycles. The van der Waals surface area contributed by atoms with Gasteiger partial charge < -0.3 is 19.9 Å². The number of nitrogens with one attached hydrogen (secondary N) is 1. The van der Waals surface area contributed by atoms with Crippen LogP contribution in [-0.2, 0) is 4.74 Å². The van der Waals surface area contributed by atoms with Crippen LogP contribution in [0.4, 0.5) is 5.69 Å². The largest absolute Gasteiger partial charge is 0.495 e. The molecule has 1 aromatic carbocycles. The van der Waals surface area contributed by atoms with Gasteiger partial charge in [0.15, 0.2) is 0 Å². The number of aliphatic hydroxyl groups excluding tert-OH is 1. The zero-order valence-electron chi connectivity index (χ0n) is 9.20. The van der Waals surface area contributed by atoms with Gasteiger partial charge in [-0.25, -0.2) is 0 Å². The second-order valence-corrected chi connectivity index (χ2v) is 3.52. The lowest BCUT2D eigenvalue weighted by atomic mass is 10.3. The molecular weight excluding hydrogens is 230 g/mol. The number of aliphatic hydroxyl groups is 1. The molecule has 0 heterocycles. The molecule has 0 atom stereocenters. The molecule has 0 aliphatic heterocycles. The van der Waals surface area contributed by atoms with Crippen LogP contribution < -0.4 is 10.1 Å². The standard InChI is InChI=1S/C11H16ClNO3/c1-15-11-8-9(2-3-10(11)12)13-4-6-16-7-5-14/h2-3,8,13-14H,4-7H2,1H3. The summed E-state index contributed by atoms with van der Waals surface area (Å²) < 4.78 is 10.2. The van der Waals surface area contributed by atoms with E-state index in [1.54, 1.807) is 13.2 Å². The van der Waals surface area contributed by atoms with Crippen molar-refractivity contribution in [2.45, 2.75) is 0 Å². The molecule has 16 heavy (non-hydrogen) atoms. The van der Waals surface area contributed by atoms with Gasteiger partial charge in [-0.05, 0) is 12.1 Å². The third-order valence-corrected chi connectivity index (χ3v) is 2.27. The van der Waals surface area contributed by atoms with Crippen LogP contribution in [-0.4, -0.2) is 38.6 Å². The minimum Gasteiger partial charge on any atom is -0.495 e. The van der Waals surface area contributed by atoms with Crippen molar-refractivity contribution < 1.29 is 14.6 Å². The van der Waals surface area contributed by atoms with E-state index in [4.69, 9.17) is 26.2 Å². The molecule has 1 aromatic rings. The van der Waals surface area contributed by atoms with Gasteiger partial charge in [-0.3, -0.25) is 0 Å². The Hall–Kier alpha value is -0.970. The maximum absolute atomic E-state index is 8.50. The summed E-state index contributed by atoms with van der Waals surface area (Å²) in [5.74, 6) is 0.642. The third kappa shape index (κ3) is 4.26. The minimum absolute atomic E-state index is 0.0504. The van der Waals surface area contributed by atoms with Crippen molar-refractivity contribution >= 4 is 17.3 Å². The molecule has 2 N–H and O–H groups in total. The quantitative estimate of drug-likeness (QED) is 0.719. The summed E-state index contributed by atoms with van der Waals surface area (Å²) in [4.78, 5) is 0. The molecule has 0 radical (unpaired) electrons. The first-order chi connectivity index (χ1) is 7.77. The Morgan fingerprint density at radius 2 is 2.19 bits per heavy atom. The van der Waals surface area contributed by atoms with Gasteiger partial charge in [-0.15, -0.1) is 0 Å². The van der Waals surface area contributed by atoms with Crippen molar-refractivity contribution in [3.05, 3.63) is 23.2 Å². The van der Waals surface area contributed by atoms with Crippen LogP contribution in [0.1, 0.15) is 0 Å². The van der Waals surface area contributed by atoms with Crippen molar-refractivity contribution in [2.75, 3.05) is 38.8 Å². The Morgan fingerprint density at radius 1 is 1.38 bits per heavy atom. The van der Waals surface area contributed by atoms with Gasteiger partial charge in [0.1, 0.15) is 5.75 Å². The molecule has 0 spiro atoms. The van der Waals surface area contributed by atoms with Crippen LogP contribution in [0.2, 0.25) is 5.02 Å². The molecule has 0 unspecified atom stereocenters. The Bertz CT molecular complexity index is 320. The van der Waals surface area contributed by atoms with Crippen molar-refractivity contribution in [3.8, 4) is 5.75 Å². The fourth-order valence-electron chi connectivity index (χ4n) is 1.20. The fourth-order valence-corrected chi connectivity index (χ4v) is 1.40. The summed E-state index contributed by atoms with van der Waals surface area (Å²) >= 11 is 5.89. The van der Waals surface area contributed by atoms with Crippen molar-refractivity contribution in [1.29, 1.82) is 0 Å². The normalized spacial score (nSPS) is 10.2. The summed E-state index contributed by atoms with van der Waals surface area (Å²) in [6.07, 6.45) is 0. The number of anilines is 1. The average molecular weight is 246 g/mol. The summed E-state index contributed by atoms with van der Waals surface area (Å²) in [6.45, 7) is 1.64. The maximum Gasteiger partial charge on any atom is 0.139 e. The van der Waals surface area contributed by atoms with E-state index in [0.717, 1.165) is 5.69 Å². The van der Waals surface area contributed by atoms with Crippen molar-refractivity contribution in [2.24, 2.45) is 0 Å². The summed E-state index contributed by atoms with van der Waals surface area (Å²) in [5, 5.41) is 12.3. The summed E-state index contributed by atoms with van der Waals surface area (Å²) in [6, 6.07) is 5.47. The van der Waals surface area contributed by atoms with E-state index in [0.29, 0.717) is 30.5 Å². The van der Waals surface area contributed by atoms with Crippen molar-refractivity contribution in [1.82, 2.24) is 0 Å². The van der Waals surface area contributed by atoms with Crippen molar-refractivity contribution in [3.63, 3.8) is 0 Å². The monoisotopic (exact) mass is 245 g/mol. The molecule has 1 rings (SSSR count). The second kappa shape index (κ2) is 7.33.